The molecule has 0 bridgehead atoms. The molecule has 1 aromatic heterocycles. The van der Waals surface area contributed by atoms with Gasteiger partial charge in [0.15, 0.2) is 5.78 Å². The molecule has 0 aliphatic heterocycles. The summed E-state index contributed by atoms with van der Waals surface area (Å²) in [6, 6.07) is 7.77. The third-order valence-corrected chi connectivity index (χ3v) is 4.36. The van der Waals surface area contributed by atoms with Gasteiger partial charge in [0.1, 0.15) is 0 Å². The SMILES string of the molecule is Cc1cc(NC(=O)O)c(NC(=O)CC(=O)c2cccc(-n3ccnn3)c2)cc1C(F)(F)F. The predicted molar refractivity (Wildman–Crippen MR) is 107 cm³/mol. The smallest absolute Gasteiger partial charge is 0.416 e. The van der Waals surface area contributed by atoms with Crippen LogP contribution in [0.1, 0.15) is 27.9 Å². The molecule has 0 aliphatic carbocycles. The Morgan fingerprint density at radius 2 is 1.81 bits per heavy atom. The highest BCUT2D eigenvalue weighted by Gasteiger charge is 2.33. The molecule has 9 nitrogen and oxygen atoms in total. The van der Waals surface area contributed by atoms with Crippen molar-refractivity contribution in [2.45, 2.75) is 19.5 Å². The van der Waals surface area contributed by atoms with E-state index in [0.717, 1.165) is 13.0 Å². The molecule has 0 saturated carbocycles. The van der Waals surface area contributed by atoms with Crippen LogP contribution < -0.4 is 10.6 Å². The highest BCUT2D eigenvalue weighted by molar-refractivity contribution is 6.12. The molecule has 12 heteroatoms. The Morgan fingerprint density at radius 3 is 2.44 bits per heavy atom. The first-order valence-corrected chi connectivity index (χ1v) is 9.06. The van der Waals surface area contributed by atoms with E-state index in [0.29, 0.717) is 11.8 Å². The summed E-state index contributed by atoms with van der Waals surface area (Å²) < 4.78 is 41.1. The first-order valence-electron chi connectivity index (χ1n) is 9.06. The predicted octanol–water partition coefficient (Wildman–Crippen LogP) is 3.90. The summed E-state index contributed by atoms with van der Waals surface area (Å²) in [5.74, 6) is -1.51. The second-order valence-electron chi connectivity index (χ2n) is 6.69. The molecule has 0 spiro atoms. The molecule has 166 valence electrons. The van der Waals surface area contributed by atoms with Crippen molar-refractivity contribution in [3.8, 4) is 5.69 Å². The summed E-state index contributed by atoms with van der Waals surface area (Å²) in [6.45, 7) is 1.16. The van der Waals surface area contributed by atoms with Crippen LogP contribution in [0.5, 0.6) is 0 Å². The molecule has 1 heterocycles. The number of amides is 2. The van der Waals surface area contributed by atoms with Crippen molar-refractivity contribution >= 4 is 29.2 Å². The average Bonchev–Trinajstić information content (AvgIpc) is 3.23. The number of anilines is 2. The number of hydrogen-bond acceptors (Lipinski definition) is 5. The normalized spacial score (nSPS) is 11.1. The third-order valence-electron chi connectivity index (χ3n) is 4.36. The number of aryl methyl sites for hydroxylation is 1. The minimum absolute atomic E-state index is 0.178. The standard InChI is InChI=1S/C20H16F3N5O4/c1-11-7-15(26-19(31)32)16(9-14(11)20(21,22)23)25-18(30)10-17(29)12-3-2-4-13(8-12)28-6-5-24-27-28/h2-9,26H,10H2,1H3,(H,25,30)(H,31,32). The van der Waals surface area contributed by atoms with Crippen LogP contribution in [-0.4, -0.2) is 37.9 Å². The van der Waals surface area contributed by atoms with Gasteiger partial charge in [0.05, 0.1) is 41.4 Å². The number of ketones is 1. The van der Waals surface area contributed by atoms with E-state index < -0.39 is 41.6 Å². The van der Waals surface area contributed by atoms with Gasteiger partial charge in [-0.1, -0.05) is 17.3 Å². The minimum Gasteiger partial charge on any atom is -0.465 e. The van der Waals surface area contributed by atoms with Gasteiger partial charge in [0.2, 0.25) is 5.91 Å². The minimum atomic E-state index is -4.72. The lowest BCUT2D eigenvalue weighted by molar-refractivity contribution is -0.138. The summed E-state index contributed by atoms with van der Waals surface area (Å²) in [4.78, 5) is 35.9. The highest BCUT2D eigenvalue weighted by atomic mass is 19.4. The second kappa shape index (κ2) is 8.88. The zero-order valence-electron chi connectivity index (χ0n) is 16.5. The van der Waals surface area contributed by atoms with E-state index in [1.807, 2.05) is 5.32 Å². The van der Waals surface area contributed by atoms with Crippen LogP contribution >= 0.6 is 0 Å². The van der Waals surface area contributed by atoms with Gasteiger partial charge in [0.25, 0.3) is 0 Å². The van der Waals surface area contributed by atoms with Crippen LogP contribution in [0.15, 0.2) is 48.8 Å². The van der Waals surface area contributed by atoms with Gasteiger partial charge in [-0.15, -0.1) is 5.10 Å². The van der Waals surface area contributed by atoms with E-state index in [2.05, 4.69) is 15.6 Å². The van der Waals surface area contributed by atoms with Crippen LogP contribution in [0.2, 0.25) is 0 Å². The number of hydrogen-bond donors (Lipinski definition) is 3. The van der Waals surface area contributed by atoms with Gasteiger partial charge in [-0.3, -0.25) is 14.9 Å². The molecular formula is C20H16F3N5O4. The van der Waals surface area contributed by atoms with E-state index in [1.165, 1.54) is 23.0 Å². The fourth-order valence-electron chi connectivity index (χ4n) is 2.95. The van der Waals surface area contributed by atoms with Gasteiger partial charge in [-0.25, -0.2) is 9.48 Å². The molecule has 0 radical (unpaired) electrons. The van der Waals surface area contributed by atoms with Gasteiger partial charge < -0.3 is 10.4 Å². The number of Topliss-reactive ketones (excluding diaryl/α,β-unsaturated/α-hetero) is 1. The van der Waals surface area contributed by atoms with Crippen molar-refractivity contribution in [3.05, 3.63) is 65.5 Å². The van der Waals surface area contributed by atoms with Crippen LogP contribution in [0, 0.1) is 6.92 Å². The Kier molecular flexibility index (Phi) is 6.23. The first-order chi connectivity index (χ1) is 15.0. The lowest BCUT2D eigenvalue weighted by Crippen LogP contribution is -2.20. The summed E-state index contributed by atoms with van der Waals surface area (Å²) in [5, 5.41) is 20.5. The zero-order valence-corrected chi connectivity index (χ0v) is 16.5. The third kappa shape index (κ3) is 5.28. The van der Waals surface area contributed by atoms with Crippen LogP contribution in [-0.2, 0) is 11.0 Å². The highest BCUT2D eigenvalue weighted by Crippen LogP contribution is 2.37. The molecule has 32 heavy (non-hydrogen) atoms. The van der Waals surface area contributed by atoms with Crippen LogP contribution in [0.25, 0.3) is 5.69 Å². The van der Waals surface area contributed by atoms with E-state index >= 15 is 0 Å². The molecule has 0 saturated heterocycles. The molecule has 2 aromatic carbocycles. The number of carbonyl (C=O) groups excluding carboxylic acids is 2. The number of nitrogens with one attached hydrogen (secondary N) is 2. The quantitative estimate of drug-likeness (QED) is 0.389. The Balaban J connectivity index is 1.81. The van der Waals surface area contributed by atoms with Crippen molar-refractivity contribution in [1.82, 2.24) is 15.0 Å². The average molecular weight is 447 g/mol. The molecule has 0 unspecified atom stereocenters. The summed E-state index contributed by atoms with van der Waals surface area (Å²) >= 11 is 0. The number of nitrogens with zero attached hydrogens (tertiary/aromatic N) is 3. The number of rotatable bonds is 6. The van der Waals surface area contributed by atoms with Crippen molar-refractivity contribution in [3.63, 3.8) is 0 Å². The number of carbonyl (C=O) groups is 3. The molecule has 0 atom stereocenters. The second-order valence-corrected chi connectivity index (χ2v) is 6.69. The molecule has 0 aliphatic rings. The van der Waals surface area contributed by atoms with Crippen LogP contribution in [0.4, 0.5) is 29.3 Å². The van der Waals surface area contributed by atoms with E-state index in [9.17, 15) is 27.6 Å². The van der Waals surface area contributed by atoms with Gasteiger partial charge in [0, 0.05) is 5.56 Å². The number of aromatic nitrogens is 3. The van der Waals surface area contributed by atoms with Crippen molar-refractivity contribution in [2.24, 2.45) is 0 Å². The lowest BCUT2D eigenvalue weighted by atomic mass is 10.0. The van der Waals surface area contributed by atoms with E-state index in [4.69, 9.17) is 5.11 Å². The number of carboxylic acid groups (broad SMARTS) is 1. The van der Waals surface area contributed by atoms with Crippen molar-refractivity contribution < 1.29 is 32.7 Å². The maximum Gasteiger partial charge on any atom is 0.416 e. The maximum atomic E-state index is 13.2. The molecule has 3 aromatic rings. The van der Waals surface area contributed by atoms with Gasteiger partial charge in [-0.2, -0.15) is 13.2 Å². The Morgan fingerprint density at radius 1 is 1.09 bits per heavy atom. The maximum absolute atomic E-state index is 13.2. The number of benzene rings is 2. The summed E-state index contributed by atoms with van der Waals surface area (Å²) in [7, 11) is 0. The van der Waals surface area contributed by atoms with E-state index in [-0.39, 0.29) is 16.8 Å². The van der Waals surface area contributed by atoms with Crippen LogP contribution in [0.3, 0.4) is 0 Å². The Bertz CT molecular complexity index is 1180. The largest absolute Gasteiger partial charge is 0.465 e. The number of halogens is 3. The monoisotopic (exact) mass is 447 g/mol. The molecule has 0 fully saturated rings. The van der Waals surface area contributed by atoms with Crippen molar-refractivity contribution in [2.75, 3.05) is 10.6 Å². The van der Waals surface area contributed by atoms with E-state index in [1.54, 1.807) is 18.3 Å². The topological polar surface area (TPSA) is 126 Å². The molecule has 3 N–H and O–H groups in total. The van der Waals surface area contributed by atoms with Crippen molar-refractivity contribution in [1.29, 1.82) is 0 Å². The Labute approximate surface area is 178 Å². The molecule has 3 rings (SSSR count). The zero-order chi connectivity index (χ0) is 23.5. The van der Waals surface area contributed by atoms with Gasteiger partial charge in [-0.05, 0) is 36.8 Å². The fourth-order valence-corrected chi connectivity index (χ4v) is 2.95. The molecule has 2 amide bonds. The lowest BCUT2D eigenvalue weighted by Gasteiger charge is -2.17. The Hall–Kier alpha value is -4.22. The summed E-state index contributed by atoms with van der Waals surface area (Å²) in [5.41, 5.74) is -1.25. The first kappa shape index (κ1) is 22.5. The summed E-state index contributed by atoms with van der Waals surface area (Å²) in [6.07, 6.45) is -3.92. The number of alkyl halides is 3. The van der Waals surface area contributed by atoms with Gasteiger partial charge >= 0.3 is 12.3 Å². The fraction of sp³-hybridized carbons (Fsp3) is 0.150. The molecular weight excluding hydrogens is 431 g/mol.